The van der Waals surface area contributed by atoms with E-state index in [0.29, 0.717) is 11.1 Å². The Labute approximate surface area is 418 Å². The number of hydrogen-bond donors (Lipinski definition) is 0. The van der Waals surface area contributed by atoms with E-state index in [4.69, 9.17) is 19.7 Å². The number of rotatable bonds is 6. The van der Waals surface area contributed by atoms with E-state index in [0.717, 1.165) is 48.5 Å². The third-order valence-electron chi connectivity index (χ3n) is 12.5. The summed E-state index contributed by atoms with van der Waals surface area (Å²) in [6, 6.07) is 42.9. The van der Waals surface area contributed by atoms with Gasteiger partial charge in [0.15, 0.2) is 11.4 Å². The van der Waals surface area contributed by atoms with Gasteiger partial charge in [-0.2, -0.15) is 52.7 Å². The number of allylic oxidation sites excluding steroid dienone is 7. The minimum absolute atomic E-state index is 0.000428. The van der Waals surface area contributed by atoms with Gasteiger partial charge in [-0.25, -0.2) is 14.5 Å². The van der Waals surface area contributed by atoms with Gasteiger partial charge in [-0.3, -0.25) is 0 Å². The molecule has 0 radical (unpaired) electrons. The average molecular weight is 971 g/mol. The van der Waals surface area contributed by atoms with E-state index in [1.54, 1.807) is 60.7 Å². The predicted octanol–water partition coefficient (Wildman–Crippen LogP) is 16.0. The van der Waals surface area contributed by atoms with E-state index in [1.165, 1.54) is 36.4 Å². The van der Waals surface area contributed by atoms with Gasteiger partial charge in [0.25, 0.3) is 0 Å². The van der Waals surface area contributed by atoms with Crippen LogP contribution in [0.15, 0.2) is 146 Å². The van der Waals surface area contributed by atoms with Crippen molar-refractivity contribution in [2.75, 3.05) is 0 Å². The lowest BCUT2D eigenvalue weighted by molar-refractivity contribution is -0.138. The maximum atomic E-state index is 14.5. The van der Waals surface area contributed by atoms with E-state index in [1.807, 2.05) is 12.1 Å². The molecule has 0 spiro atoms. The number of alkyl halides is 6. The maximum Gasteiger partial charge on any atom is 0.416 e. The Morgan fingerprint density at radius 1 is 0.405 bits per heavy atom. The van der Waals surface area contributed by atoms with Gasteiger partial charge in [0.2, 0.25) is 5.70 Å². The van der Waals surface area contributed by atoms with Gasteiger partial charge in [0.1, 0.15) is 18.2 Å². The van der Waals surface area contributed by atoms with Crippen molar-refractivity contribution in [1.29, 1.82) is 26.3 Å². The molecule has 0 atom stereocenters. The van der Waals surface area contributed by atoms with Crippen LogP contribution >= 0.6 is 0 Å². The smallest absolute Gasteiger partial charge is 0.239 e. The fourth-order valence-electron chi connectivity index (χ4n) is 9.51. The van der Waals surface area contributed by atoms with Crippen molar-refractivity contribution >= 4 is 56.1 Å². The van der Waals surface area contributed by atoms with Gasteiger partial charge < -0.3 is 0 Å². The van der Waals surface area contributed by atoms with Crippen LogP contribution in [0.3, 0.4) is 0 Å². The van der Waals surface area contributed by atoms with Crippen LogP contribution in [0.4, 0.5) is 37.7 Å². The number of fused-ring (bicyclic) bond motifs is 2. The minimum Gasteiger partial charge on any atom is -0.239 e. The van der Waals surface area contributed by atoms with Crippen molar-refractivity contribution in [1.82, 2.24) is 0 Å². The fourth-order valence-corrected chi connectivity index (χ4v) is 9.51. The summed E-state index contributed by atoms with van der Waals surface area (Å²) in [7, 11) is 0. The number of nitrogens with zero attached hydrogens (tertiary/aromatic N) is 8. The van der Waals surface area contributed by atoms with Gasteiger partial charge in [-0.05, 0) is 109 Å². The quantitative estimate of drug-likeness (QED) is 0.0930. The van der Waals surface area contributed by atoms with Crippen LogP contribution in [0.2, 0.25) is 0 Å². The molecule has 0 saturated carbocycles. The molecule has 0 bridgehead atoms. The van der Waals surface area contributed by atoms with E-state index in [2.05, 4.69) is 32.7 Å². The number of hydrogen-bond acceptors (Lipinski definition) is 5. The van der Waals surface area contributed by atoms with Crippen molar-refractivity contribution in [3.63, 3.8) is 0 Å². The summed E-state index contributed by atoms with van der Waals surface area (Å²) >= 11 is 0. The SMILES string of the molecule is [C-]#[N+]C1=C(c2ccccc2)/C(=C(/C#N)c2cc([N+]#[C-])cc([N+]#[C-])c2)c2c1c(-c1ccc(C(F)(F)F)cc1)c1c(c2-c2ccc(C(F)(F)F)cc2)/C(=C(\C#N)c2cc(C#N)cc(C#N)c2)C(c2ccccc2)=C1C#N. The molecule has 74 heavy (non-hydrogen) atoms. The minimum atomic E-state index is -4.85. The van der Waals surface area contributed by atoms with Gasteiger partial charge >= 0.3 is 12.4 Å². The Morgan fingerprint density at radius 3 is 1.23 bits per heavy atom. The van der Waals surface area contributed by atoms with Crippen LogP contribution in [-0.2, 0) is 12.4 Å². The summed E-state index contributed by atoms with van der Waals surface area (Å²) in [5.41, 5.74) is -2.57. The zero-order valence-corrected chi connectivity index (χ0v) is 37.7. The molecule has 0 unspecified atom stereocenters. The first-order chi connectivity index (χ1) is 35.6. The Hall–Kier alpha value is -11.0. The molecule has 9 rings (SSSR count). The molecule has 346 valence electrons. The maximum absolute atomic E-state index is 14.5. The molecule has 0 saturated heterocycles. The lowest BCUT2D eigenvalue weighted by Gasteiger charge is -2.25. The van der Waals surface area contributed by atoms with Gasteiger partial charge in [0, 0.05) is 22.3 Å². The zero-order chi connectivity index (χ0) is 52.6. The summed E-state index contributed by atoms with van der Waals surface area (Å²) < 4.78 is 86.7. The van der Waals surface area contributed by atoms with Crippen LogP contribution in [0.1, 0.15) is 66.8 Å². The van der Waals surface area contributed by atoms with Crippen molar-refractivity contribution in [2.24, 2.45) is 0 Å². The molecule has 2 aliphatic carbocycles. The van der Waals surface area contributed by atoms with Crippen molar-refractivity contribution in [2.45, 2.75) is 12.4 Å². The highest BCUT2D eigenvalue weighted by atomic mass is 19.4. The van der Waals surface area contributed by atoms with Crippen LogP contribution in [0.25, 0.3) is 81.5 Å². The van der Waals surface area contributed by atoms with E-state index in [9.17, 15) is 52.7 Å². The second kappa shape index (κ2) is 18.7. The lowest BCUT2D eigenvalue weighted by Crippen LogP contribution is -2.07. The number of benzene rings is 7. The Bertz CT molecular complexity index is 3810. The second-order valence-corrected chi connectivity index (χ2v) is 16.5. The van der Waals surface area contributed by atoms with Gasteiger partial charge in [-0.15, -0.1) is 0 Å². The Kier molecular flexibility index (Phi) is 12.2. The summed E-state index contributed by atoms with van der Waals surface area (Å²) in [6.07, 6.45) is -9.67. The van der Waals surface area contributed by atoms with Gasteiger partial charge in [-0.1, -0.05) is 103 Å². The summed E-state index contributed by atoms with van der Waals surface area (Å²) in [5.74, 6) is 0. The summed E-state index contributed by atoms with van der Waals surface area (Å²) in [4.78, 5) is 11.1. The molecule has 0 aliphatic heterocycles. The molecule has 0 fully saturated rings. The average Bonchev–Trinajstić information content (AvgIpc) is 3.95. The largest absolute Gasteiger partial charge is 0.416 e. The summed E-state index contributed by atoms with van der Waals surface area (Å²) in [5, 5.41) is 55.0. The third kappa shape index (κ3) is 8.07. The first-order valence-corrected chi connectivity index (χ1v) is 21.8. The number of nitriles is 5. The normalized spacial score (nSPS) is 13.9. The van der Waals surface area contributed by atoms with E-state index in [-0.39, 0.29) is 123 Å². The molecule has 7 aromatic carbocycles. The monoisotopic (exact) mass is 970 g/mol. The van der Waals surface area contributed by atoms with Crippen LogP contribution in [0, 0.1) is 76.4 Å². The molecule has 0 heterocycles. The highest BCUT2D eigenvalue weighted by Gasteiger charge is 2.44. The molecular weight excluding hydrogens is 947 g/mol. The van der Waals surface area contributed by atoms with Crippen molar-refractivity contribution in [3.05, 3.63) is 247 Å². The highest BCUT2D eigenvalue weighted by molar-refractivity contribution is 6.38. The van der Waals surface area contributed by atoms with E-state index >= 15 is 0 Å². The standard InChI is InChI=1S/C60H24F6N8/c1-72-43-25-40(26-44(27-43)73-2)46(31-70)53-51(36-12-8-5-9-13-36)58(74-3)57-49(37-14-18-41(19-15-37)59(61,62)63)54-47(32-71)48(35-10-6-4-7-11-35)52(45(30-69)39-23-33(28-67)22-34(24-39)29-68)55(54)50(56(53)57)38-16-20-42(21-17-38)60(64,65)66/h4-27H/b52-45+,53-46+. The molecule has 7 aromatic rings. The first kappa shape index (κ1) is 48.0. The third-order valence-corrected chi connectivity index (χ3v) is 12.5. The molecule has 14 heteroatoms. The lowest BCUT2D eigenvalue weighted by atomic mass is 9.77. The Balaban J connectivity index is 1.66. The fraction of sp³-hybridized carbons (Fsp3) is 0.0333. The molecule has 0 aromatic heterocycles. The second-order valence-electron chi connectivity index (χ2n) is 16.5. The topological polar surface area (TPSA) is 132 Å². The highest BCUT2D eigenvalue weighted by Crippen LogP contribution is 2.64. The van der Waals surface area contributed by atoms with Crippen molar-refractivity contribution in [3.8, 4) is 52.6 Å². The molecule has 2 aliphatic rings. The van der Waals surface area contributed by atoms with Crippen LogP contribution in [-0.4, -0.2) is 0 Å². The Morgan fingerprint density at radius 2 is 0.824 bits per heavy atom. The van der Waals surface area contributed by atoms with Gasteiger partial charge in [0.05, 0.1) is 70.8 Å². The predicted molar refractivity (Wildman–Crippen MR) is 266 cm³/mol. The molecule has 8 nitrogen and oxygen atoms in total. The molecule has 0 amide bonds. The van der Waals surface area contributed by atoms with Crippen LogP contribution in [0.5, 0.6) is 0 Å². The zero-order valence-electron chi connectivity index (χ0n) is 37.7. The molecule has 0 N–H and O–H groups in total. The van der Waals surface area contributed by atoms with Crippen LogP contribution < -0.4 is 0 Å². The van der Waals surface area contributed by atoms with Crippen molar-refractivity contribution < 1.29 is 26.3 Å². The first-order valence-electron chi connectivity index (χ1n) is 21.8. The number of halogens is 6. The summed E-state index contributed by atoms with van der Waals surface area (Å²) in [6.45, 7) is 24.8. The molecular formula is C60H24F6N8. The van der Waals surface area contributed by atoms with E-state index < -0.39 is 23.5 Å².